The first kappa shape index (κ1) is 16.9. The van der Waals surface area contributed by atoms with Crippen LogP contribution in [0.15, 0.2) is 0 Å². The van der Waals surface area contributed by atoms with Crippen LogP contribution in [-0.4, -0.2) is 64.4 Å². The van der Waals surface area contributed by atoms with E-state index in [1.165, 1.54) is 19.3 Å². The van der Waals surface area contributed by atoms with Gasteiger partial charge in [-0.2, -0.15) is 0 Å². The highest BCUT2D eigenvalue weighted by atomic mass is 16.5. The fourth-order valence-electron chi connectivity index (χ4n) is 2.48. The molecule has 0 saturated heterocycles. The fourth-order valence-corrected chi connectivity index (χ4v) is 2.48. The fraction of sp³-hybridized carbons (Fsp3) is 1.00. The van der Waals surface area contributed by atoms with E-state index in [9.17, 15) is 5.11 Å². The zero-order valence-corrected chi connectivity index (χ0v) is 12.1. The number of methoxy groups -OCH3 is 1. The molecule has 0 spiro atoms. The van der Waals surface area contributed by atoms with E-state index in [-0.39, 0.29) is 0 Å². The number of ether oxygens (including phenoxy) is 3. The van der Waals surface area contributed by atoms with Gasteiger partial charge in [-0.15, -0.1) is 0 Å². The van der Waals surface area contributed by atoms with Crippen LogP contribution in [0.5, 0.6) is 0 Å². The molecule has 2 unspecified atom stereocenters. The monoisotopic (exact) mass is 275 g/mol. The third-order valence-corrected chi connectivity index (χ3v) is 3.60. The molecule has 5 heteroatoms. The molecular weight excluding hydrogens is 246 g/mol. The number of nitrogens with one attached hydrogen (secondary N) is 1. The molecule has 2 N–H and O–H groups in total. The van der Waals surface area contributed by atoms with Gasteiger partial charge in [0.25, 0.3) is 0 Å². The summed E-state index contributed by atoms with van der Waals surface area (Å²) in [5.74, 6) is 0.422. The van der Waals surface area contributed by atoms with Crippen molar-refractivity contribution in [2.45, 2.75) is 31.7 Å². The standard InChI is InChI=1S/C14H29NO4/c1-17-8-9-19-11-10-18-7-6-15-14-5-3-2-4-13(14)12-16/h13-16H,2-12H2,1H3. The van der Waals surface area contributed by atoms with Crippen LogP contribution in [0, 0.1) is 5.92 Å². The Bertz CT molecular complexity index is 204. The first-order chi connectivity index (χ1) is 9.38. The Morgan fingerprint density at radius 3 is 2.42 bits per heavy atom. The first-order valence-electron chi connectivity index (χ1n) is 7.37. The maximum atomic E-state index is 9.31. The average molecular weight is 275 g/mol. The van der Waals surface area contributed by atoms with Crippen LogP contribution in [0.4, 0.5) is 0 Å². The Hall–Kier alpha value is -0.200. The van der Waals surface area contributed by atoms with E-state index in [1.807, 2.05) is 0 Å². The second kappa shape index (κ2) is 11.6. The van der Waals surface area contributed by atoms with Crippen LogP contribution < -0.4 is 5.32 Å². The summed E-state index contributed by atoms with van der Waals surface area (Å²) in [6, 6.07) is 0.459. The Labute approximate surface area is 116 Å². The van der Waals surface area contributed by atoms with E-state index in [1.54, 1.807) is 7.11 Å². The van der Waals surface area contributed by atoms with Crippen LogP contribution >= 0.6 is 0 Å². The molecule has 0 heterocycles. The number of aliphatic hydroxyl groups excluding tert-OH is 1. The SMILES string of the molecule is COCCOCCOCCNC1CCCCC1CO. The van der Waals surface area contributed by atoms with Gasteiger partial charge in [0.2, 0.25) is 0 Å². The molecular formula is C14H29NO4. The van der Waals surface area contributed by atoms with E-state index in [0.717, 1.165) is 13.0 Å². The maximum Gasteiger partial charge on any atom is 0.0701 e. The van der Waals surface area contributed by atoms with E-state index >= 15 is 0 Å². The molecule has 0 amide bonds. The molecule has 1 rings (SSSR count). The van der Waals surface area contributed by atoms with Crippen LogP contribution in [-0.2, 0) is 14.2 Å². The van der Waals surface area contributed by atoms with Crippen molar-refractivity contribution >= 4 is 0 Å². The van der Waals surface area contributed by atoms with Gasteiger partial charge in [0.1, 0.15) is 0 Å². The topological polar surface area (TPSA) is 60.0 Å². The van der Waals surface area contributed by atoms with Gasteiger partial charge in [0.15, 0.2) is 0 Å². The maximum absolute atomic E-state index is 9.31. The van der Waals surface area contributed by atoms with Crippen LogP contribution in [0.3, 0.4) is 0 Å². The van der Waals surface area contributed by atoms with E-state index in [4.69, 9.17) is 14.2 Å². The molecule has 1 saturated carbocycles. The molecule has 0 aromatic heterocycles. The van der Waals surface area contributed by atoms with Crippen molar-refractivity contribution in [3.8, 4) is 0 Å². The zero-order valence-electron chi connectivity index (χ0n) is 12.1. The molecule has 1 aliphatic carbocycles. The smallest absolute Gasteiger partial charge is 0.0701 e. The van der Waals surface area contributed by atoms with Gasteiger partial charge in [0, 0.05) is 26.3 Å². The largest absolute Gasteiger partial charge is 0.396 e. The zero-order chi connectivity index (χ0) is 13.8. The predicted octanol–water partition coefficient (Wildman–Crippen LogP) is 0.807. The molecule has 0 bridgehead atoms. The van der Waals surface area contributed by atoms with Crippen molar-refractivity contribution in [1.29, 1.82) is 0 Å². The average Bonchev–Trinajstić information content (AvgIpc) is 2.46. The Morgan fingerprint density at radius 2 is 1.68 bits per heavy atom. The van der Waals surface area contributed by atoms with Crippen LogP contribution in [0.1, 0.15) is 25.7 Å². The lowest BCUT2D eigenvalue weighted by Crippen LogP contribution is -2.41. The Kier molecular flexibility index (Phi) is 10.3. The van der Waals surface area contributed by atoms with Crippen molar-refractivity contribution < 1.29 is 19.3 Å². The summed E-state index contributed by atoms with van der Waals surface area (Å²) in [4.78, 5) is 0. The van der Waals surface area contributed by atoms with Crippen molar-refractivity contribution in [3.05, 3.63) is 0 Å². The molecule has 2 atom stereocenters. The third-order valence-electron chi connectivity index (χ3n) is 3.60. The molecule has 19 heavy (non-hydrogen) atoms. The highest BCUT2D eigenvalue weighted by molar-refractivity contribution is 4.80. The Balaban J connectivity index is 1.89. The summed E-state index contributed by atoms with van der Waals surface area (Å²) in [7, 11) is 1.66. The molecule has 0 aromatic rings. The number of hydrogen-bond donors (Lipinski definition) is 2. The second-order valence-electron chi connectivity index (χ2n) is 5.01. The van der Waals surface area contributed by atoms with Gasteiger partial charge >= 0.3 is 0 Å². The van der Waals surface area contributed by atoms with E-state index in [2.05, 4.69) is 5.32 Å². The number of aliphatic hydroxyl groups is 1. The van der Waals surface area contributed by atoms with Crippen molar-refractivity contribution in [3.63, 3.8) is 0 Å². The molecule has 114 valence electrons. The summed E-state index contributed by atoms with van der Waals surface area (Å²) in [5, 5.41) is 12.8. The molecule has 0 aliphatic heterocycles. The van der Waals surface area contributed by atoms with Gasteiger partial charge in [-0.05, 0) is 18.8 Å². The highest BCUT2D eigenvalue weighted by Gasteiger charge is 2.23. The number of hydrogen-bond acceptors (Lipinski definition) is 5. The van der Waals surface area contributed by atoms with Gasteiger partial charge in [-0.3, -0.25) is 0 Å². The third kappa shape index (κ3) is 7.84. The number of rotatable bonds is 11. The predicted molar refractivity (Wildman–Crippen MR) is 74.3 cm³/mol. The summed E-state index contributed by atoms with van der Waals surface area (Å²) in [5.41, 5.74) is 0. The van der Waals surface area contributed by atoms with Crippen LogP contribution in [0.2, 0.25) is 0 Å². The molecule has 5 nitrogen and oxygen atoms in total. The quantitative estimate of drug-likeness (QED) is 0.546. The van der Waals surface area contributed by atoms with Gasteiger partial charge in [0.05, 0.1) is 33.0 Å². The minimum absolute atomic E-state index is 0.297. The van der Waals surface area contributed by atoms with Crippen molar-refractivity contribution in [2.75, 3.05) is 53.3 Å². The minimum Gasteiger partial charge on any atom is -0.396 e. The van der Waals surface area contributed by atoms with Gasteiger partial charge in [-0.1, -0.05) is 12.8 Å². The normalized spacial score (nSPS) is 23.7. The molecule has 1 fully saturated rings. The summed E-state index contributed by atoms with van der Waals surface area (Å²) < 4.78 is 15.7. The lowest BCUT2D eigenvalue weighted by atomic mass is 9.85. The molecule has 0 radical (unpaired) electrons. The molecule has 0 aromatic carbocycles. The lowest BCUT2D eigenvalue weighted by molar-refractivity contribution is 0.0243. The lowest BCUT2D eigenvalue weighted by Gasteiger charge is -2.31. The van der Waals surface area contributed by atoms with Crippen molar-refractivity contribution in [2.24, 2.45) is 5.92 Å². The van der Waals surface area contributed by atoms with Gasteiger partial charge in [-0.25, -0.2) is 0 Å². The van der Waals surface area contributed by atoms with Crippen molar-refractivity contribution in [1.82, 2.24) is 5.32 Å². The summed E-state index contributed by atoms with van der Waals surface area (Å²) in [6.45, 7) is 4.34. The van der Waals surface area contributed by atoms with Gasteiger partial charge < -0.3 is 24.6 Å². The van der Waals surface area contributed by atoms with E-state index < -0.39 is 0 Å². The van der Waals surface area contributed by atoms with Crippen LogP contribution in [0.25, 0.3) is 0 Å². The summed E-state index contributed by atoms with van der Waals surface area (Å²) >= 11 is 0. The second-order valence-corrected chi connectivity index (χ2v) is 5.01. The first-order valence-corrected chi connectivity index (χ1v) is 7.37. The molecule has 1 aliphatic rings. The summed E-state index contributed by atoms with van der Waals surface area (Å²) in [6.07, 6.45) is 4.83. The minimum atomic E-state index is 0.297. The Morgan fingerprint density at radius 1 is 1.00 bits per heavy atom. The van der Waals surface area contributed by atoms with E-state index in [0.29, 0.717) is 51.6 Å². The highest BCUT2D eigenvalue weighted by Crippen LogP contribution is 2.23.